The molecule has 1 aromatic carbocycles. The van der Waals surface area contributed by atoms with E-state index < -0.39 is 12.2 Å². The lowest BCUT2D eigenvalue weighted by Gasteiger charge is -2.16. The molecular weight excluding hydrogens is 453 g/mol. The van der Waals surface area contributed by atoms with E-state index in [9.17, 15) is 14.3 Å². The van der Waals surface area contributed by atoms with E-state index >= 15 is 0 Å². The molecule has 0 aliphatic heterocycles. The van der Waals surface area contributed by atoms with Gasteiger partial charge in [0.05, 0.1) is 10.2 Å². The van der Waals surface area contributed by atoms with Gasteiger partial charge in [0, 0.05) is 34.9 Å². The molecule has 8 heteroatoms. The van der Waals surface area contributed by atoms with Gasteiger partial charge < -0.3 is 15.2 Å². The topological polar surface area (TPSA) is 83.5 Å². The number of carbonyl (C=O) groups excluding carboxylic acids is 1. The first-order valence-electron chi connectivity index (χ1n) is 11.2. The molecule has 0 spiro atoms. The number of aromatic nitrogens is 1. The lowest BCUT2D eigenvalue weighted by atomic mass is 10.0. The number of fused-ring (bicyclic) bond motifs is 1. The summed E-state index contributed by atoms with van der Waals surface area (Å²) in [5, 5.41) is 15.8. The zero-order chi connectivity index (χ0) is 23.5. The summed E-state index contributed by atoms with van der Waals surface area (Å²) in [5.41, 5.74) is 2.94. The Balaban J connectivity index is 1.38. The van der Waals surface area contributed by atoms with Gasteiger partial charge in [-0.25, -0.2) is 4.39 Å². The van der Waals surface area contributed by atoms with Gasteiger partial charge in [-0.2, -0.15) is 0 Å². The molecule has 1 fully saturated rings. The van der Waals surface area contributed by atoms with Gasteiger partial charge in [-0.05, 0) is 55.0 Å². The number of carbonyl (C=O) groups is 1. The standard InChI is InChI=1S/C26H24FN3O3S/c27-20-13-19(30-26(32)29-18-7-8-18)9-10-22(20)33-23-11-12-28-21-14-24(34-25(21)23)17-4-2-1-3-16(15-31)5-6-17/h2,4-6,9-15,18,26,29-30,32H,1,3,7-8H2. The number of nitrogens with one attached hydrogen (secondary N) is 2. The van der Waals surface area contributed by atoms with E-state index in [1.54, 1.807) is 18.3 Å². The summed E-state index contributed by atoms with van der Waals surface area (Å²) < 4.78 is 21.5. The molecule has 2 aliphatic rings. The second kappa shape index (κ2) is 9.89. The van der Waals surface area contributed by atoms with Crippen molar-refractivity contribution in [1.29, 1.82) is 0 Å². The van der Waals surface area contributed by atoms with E-state index in [1.807, 2.05) is 24.3 Å². The maximum absolute atomic E-state index is 14.8. The van der Waals surface area contributed by atoms with Crippen molar-refractivity contribution in [2.75, 3.05) is 5.32 Å². The van der Waals surface area contributed by atoms with Crippen LogP contribution in [0.2, 0.25) is 0 Å². The molecule has 2 aliphatic carbocycles. The summed E-state index contributed by atoms with van der Waals surface area (Å²) >= 11 is 1.50. The molecule has 3 aromatic rings. The molecule has 0 amide bonds. The van der Waals surface area contributed by atoms with Crippen LogP contribution in [0, 0.1) is 5.82 Å². The molecule has 0 radical (unpaired) electrons. The number of hydrogen-bond acceptors (Lipinski definition) is 7. The van der Waals surface area contributed by atoms with Crippen LogP contribution >= 0.6 is 11.3 Å². The lowest BCUT2D eigenvalue weighted by Crippen LogP contribution is -2.37. The summed E-state index contributed by atoms with van der Waals surface area (Å²) in [5.74, 6) is 0.0552. The van der Waals surface area contributed by atoms with Crippen LogP contribution < -0.4 is 15.4 Å². The number of halogens is 1. The molecule has 34 heavy (non-hydrogen) atoms. The van der Waals surface area contributed by atoms with E-state index in [0.29, 0.717) is 17.5 Å². The molecule has 1 unspecified atom stereocenters. The number of thiophene rings is 1. The Hall–Kier alpha value is -3.33. The molecule has 3 N–H and O–H groups in total. The van der Waals surface area contributed by atoms with Crippen LogP contribution in [-0.4, -0.2) is 28.8 Å². The first kappa shape index (κ1) is 22.5. The Labute approximate surface area is 200 Å². The fraction of sp³-hybridized carbons (Fsp3) is 0.231. The molecule has 1 atom stereocenters. The summed E-state index contributed by atoms with van der Waals surface area (Å²) in [4.78, 5) is 16.6. The highest BCUT2D eigenvalue weighted by Gasteiger charge is 2.23. The van der Waals surface area contributed by atoms with Gasteiger partial charge in [0.25, 0.3) is 0 Å². The van der Waals surface area contributed by atoms with Crippen LogP contribution in [-0.2, 0) is 4.79 Å². The number of aldehydes is 1. The first-order chi connectivity index (χ1) is 16.6. The number of ether oxygens (including phenoxy) is 1. The van der Waals surface area contributed by atoms with Crippen LogP contribution in [0.25, 0.3) is 15.8 Å². The van der Waals surface area contributed by atoms with E-state index in [4.69, 9.17) is 4.74 Å². The van der Waals surface area contributed by atoms with E-state index in [2.05, 4.69) is 21.7 Å². The van der Waals surface area contributed by atoms with Gasteiger partial charge in [0.15, 0.2) is 17.9 Å². The van der Waals surface area contributed by atoms with Crippen molar-refractivity contribution in [1.82, 2.24) is 10.3 Å². The average molecular weight is 478 g/mol. The first-order valence-corrected chi connectivity index (χ1v) is 12.0. The summed E-state index contributed by atoms with van der Waals surface area (Å²) in [6.07, 6.45) is 13.1. The van der Waals surface area contributed by atoms with Gasteiger partial charge >= 0.3 is 0 Å². The SMILES string of the molecule is O=CC1=CC=C(c2cc3nccc(Oc4ccc(NC(O)NC5CC5)cc4F)c3s2)C=CCC1. The molecule has 1 saturated carbocycles. The minimum Gasteiger partial charge on any atom is -0.453 e. The van der Waals surface area contributed by atoms with Crippen molar-refractivity contribution in [3.63, 3.8) is 0 Å². The van der Waals surface area contributed by atoms with Gasteiger partial charge in [-0.3, -0.25) is 15.1 Å². The van der Waals surface area contributed by atoms with Gasteiger partial charge in [0.2, 0.25) is 0 Å². The molecule has 6 nitrogen and oxygen atoms in total. The van der Waals surface area contributed by atoms with E-state index in [0.717, 1.165) is 58.2 Å². The zero-order valence-electron chi connectivity index (χ0n) is 18.3. The molecule has 2 heterocycles. The Bertz CT molecular complexity index is 1310. The minimum absolute atomic E-state index is 0.0845. The highest BCUT2D eigenvalue weighted by atomic mass is 32.1. The Morgan fingerprint density at radius 2 is 2.09 bits per heavy atom. The van der Waals surface area contributed by atoms with Crippen molar-refractivity contribution in [2.24, 2.45) is 0 Å². The van der Waals surface area contributed by atoms with Crippen LogP contribution in [0.5, 0.6) is 11.5 Å². The quantitative estimate of drug-likeness (QED) is 0.292. The van der Waals surface area contributed by atoms with Crippen molar-refractivity contribution in [2.45, 2.75) is 38.1 Å². The largest absolute Gasteiger partial charge is 0.453 e. The highest BCUT2D eigenvalue weighted by molar-refractivity contribution is 7.20. The number of benzene rings is 1. The Morgan fingerprint density at radius 1 is 1.21 bits per heavy atom. The fourth-order valence-corrected chi connectivity index (χ4v) is 4.73. The highest BCUT2D eigenvalue weighted by Crippen LogP contribution is 2.39. The third kappa shape index (κ3) is 5.25. The zero-order valence-corrected chi connectivity index (χ0v) is 19.1. The van der Waals surface area contributed by atoms with Crippen molar-refractivity contribution in [3.8, 4) is 11.5 Å². The molecule has 5 rings (SSSR count). The third-order valence-electron chi connectivity index (χ3n) is 5.61. The molecular formula is C26H24FN3O3S. The van der Waals surface area contributed by atoms with Gasteiger partial charge in [-0.15, -0.1) is 11.3 Å². The van der Waals surface area contributed by atoms with Crippen molar-refractivity contribution in [3.05, 3.63) is 77.1 Å². The maximum atomic E-state index is 14.8. The number of anilines is 1. The number of rotatable bonds is 8. The number of allylic oxidation sites excluding steroid dienone is 6. The fourth-order valence-electron chi connectivity index (χ4n) is 3.66. The predicted molar refractivity (Wildman–Crippen MR) is 132 cm³/mol. The third-order valence-corrected chi connectivity index (χ3v) is 6.80. The summed E-state index contributed by atoms with van der Waals surface area (Å²) in [7, 11) is 0. The molecule has 2 aromatic heterocycles. The number of pyridine rings is 1. The molecule has 0 saturated heterocycles. The Kier molecular flexibility index (Phi) is 6.53. The van der Waals surface area contributed by atoms with E-state index in [-0.39, 0.29) is 5.75 Å². The average Bonchev–Trinajstić information content (AvgIpc) is 3.50. The number of aliphatic hydroxyl groups is 1. The normalized spacial score (nSPS) is 16.9. The maximum Gasteiger partial charge on any atom is 0.181 e. The molecule has 174 valence electrons. The second-order valence-electron chi connectivity index (χ2n) is 8.29. The summed E-state index contributed by atoms with van der Waals surface area (Å²) in [6.45, 7) is 0. The van der Waals surface area contributed by atoms with Gasteiger partial charge in [0.1, 0.15) is 12.0 Å². The van der Waals surface area contributed by atoms with Crippen molar-refractivity contribution >= 4 is 39.1 Å². The monoisotopic (exact) mass is 477 g/mol. The number of nitrogens with zero attached hydrogens (tertiary/aromatic N) is 1. The van der Waals surface area contributed by atoms with Crippen LogP contribution in [0.15, 0.2) is 66.4 Å². The van der Waals surface area contributed by atoms with E-state index in [1.165, 1.54) is 23.5 Å². The lowest BCUT2D eigenvalue weighted by molar-refractivity contribution is -0.105. The van der Waals surface area contributed by atoms with Crippen LogP contribution in [0.3, 0.4) is 0 Å². The molecule has 0 bridgehead atoms. The number of aliphatic hydroxyl groups excluding tert-OH is 1. The smallest absolute Gasteiger partial charge is 0.181 e. The van der Waals surface area contributed by atoms with Crippen LogP contribution in [0.1, 0.15) is 30.6 Å². The minimum atomic E-state index is -0.933. The predicted octanol–water partition coefficient (Wildman–Crippen LogP) is 5.53. The van der Waals surface area contributed by atoms with Crippen LogP contribution in [0.4, 0.5) is 10.1 Å². The Morgan fingerprint density at radius 3 is 2.88 bits per heavy atom. The van der Waals surface area contributed by atoms with Gasteiger partial charge in [-0.1, -0.05) is 24.3 Å². The van der Waals surface area contributed by atoms with Crippen molar-refractivity contribution < 1.29 is 19.0 Å². The summed E-state index contributed by atoms with van der Waals surface area (Å²) in [6, 6.07) is 8.49. The second-order valence-corrected chi connectivity index (χ2v) is 9.34. The number of hydrogen-bond donors (Lipinski definition) is 3.